The molecular weight excluding hydrogens is 355 g/mol. The second-order valence-corrected chi connectivity index (χ2v) is 6.93. The first-order valence-corrected chi connectivity index (χ1v) is 9.03. The predicted octanol–water partition coefficient (Wildman–Crippen LogP) is 4.16. The Morgan fingerprint density at radius 1 is 1.04 bits per heavy atom. The molecule has 1 aliphatic rings. The summed E-state index contributed by atoms with van der Waals surface area (Å²) in [5, 5.41) is 10.5. The summed E-state index contributed by atoms with van der Waals surface area (Å²) in [6, 6.07) is 14.5. The fourth-order valence-electron chi connectivity index (χ4n) is 3.60. The maximum absolute atomic E-state index is 13.1. The molecule has 6 heteroatoms. The van der Waals surface area contributed by atoms with Gasteiger partial charge >= 0.3 is 6.18 Å². The molecule has 0 radical (unpaired) electrons. The van der Waals surface area contributed by atoms with Crippen LogP contribution in [0.5, 0.6) is 0 Å². The standard InChI is InChI=1S/C21H22F3NO2/c22-21(23,24)18-9-5-4-8-17(18)20(27)25-12-10-16(11-13-25)19(26)14-15-6-2-1-3-7-15/h1-9,16,19,26H,10-14H2. The van der Waals surface area contributed by atoms with Crippen LogP contribution in [0.1, 0.15) is 34.3 Å². The van der Waals surface area contributed by atoms with E-state index in [1.54, 1.807) is 0 Å². The molecule has 1 saturated heterocycles. The van der Waals surface area contributed by atoms with Crippen LogP contribution in [0.4, 0.5) is 13.2 Å². The molecule has 27 heavy (non-hydrogen) atoms. The van der Waals surface area contributed by atoms with Crippen molar-refractivity contribution in [1.82, 2.24) is 4.90 Å². The minimum atomic E-state index is -4.56. The number of benzene rings is 2. The van der Waals surface area contributed by atoms with Gasteiger partial charge in [0.05, 0.1) is 17.2 Å². The van der Waals surface area contributed by atoms with E-state index in [0.717, 1.165) is 11.6 Å². The molecule has 0 spiro atoms. The lowest BCUT2D eigenvalue weighted by atomic mass is 9.87. The second-order valence-electron chi connectivity index (χ2n) is 6.93. The van der Waals surface area contributed by atoms with Crippen LogP contribution in [-0.4, -0.2) is 35.1 Å². The average molecular weight is 377 g/mol. The summed E-state index contributed by atoms with van der Waals surface area (Å²) in [5.74, 6) is -0.564. The molecule has 1 aliphatic heterocycles. The number of rotatable bonds is 4. The van der Waals surface area contributed by atoms with Gasteiger partial charge in [-0.3, -0.25) is 4.79 Å². The van der Waals surface area contributed by atoms with Gasteiger partial charge in [0, 0.05) is 13.1 Å². The van der Waals surface area contributed by atoms with Gasteiger partial charge in [0.1, 0.15) is 0 Å². The number of carbonyl (C=O) groups is 1. The zero-order chi connectivity index (χ0) is 19.4. The number of alkyl halides is 3. The molecule has 2 aromatic carbocycles. The fourth-order valence-corrected chi connectivity index (χ4v) is 3.60. The number of aliphatic hydroxyl groups is 1. The first-order chi connectivity index (χ1) is 12.9. The van der Waals surface area contributed by atoms with E-state index in [0.29, 0.717) is 32.4 Å². The van der Waals surface area contributed by atoms with E-state index < -0.39 is 23.8 Å². The van der Waals surface area contributed by atoms with Crippen LogP contribution in [-0.2, 0) is 12.6 Å². The van der Waals surface area contributed by atoms with Gasteiger partial charge in [-0.05, 0) is 42.9 Å². The van der Waals surface area contributed by atoms with Gasteiger partial charge in [0.15, 0.2) is 0 Å². The maximum atomic E-state index is 13.1. The largest absolute Gasteiger partial charge is 0.417 e. The van der Waals surface area contributed by atoms with E-state index in [2.05, 4.69) is 0 Å². The molecule has 1 fully saturated rings. The Kier molecular flexibility index (Phi) is 5.85. The number of carbonyl (C=O) groups excluding carboxylic acids is 1. The Morgan fingerprint density at radius 2 is 1.63 bits per heavy atom. The number of nitrogens with zero attached hydrogens (tertiary/aromatic N) is 1. The van der Waals surface area contributed by atoms with Gasteiger partial charge in [-0.25, -0.2) is 0 Å². The number of hydrogen-bond donors (Lipinski definition) is 1. The van der Waals surface area contributed by atoms with Gasteiger partial charge < -0.3 is 10.0 Å². The zero-order valence-electron chi connectivity index (χ0n) is 14.8. The van der Waals surface area contributed by atoms with Gasteiger partial charge in [0.25, 0.3) is 5.91 Å². The lowest BCUT2D eigenvalue weighted by Gasteiger charge is -2.34. The molecular formula is C21H22F3NO2. The third-order valence-corrected chi connectivity index (χ3v) is 5.12. The first-order valence-electron chi connectivity index (χ1n) is 9.03. The van der Waals surface area contributed by atoms with E-state index in [4.69, 9.17) is 0 Å². The molecule has 1 N–H and O–H groups in total. The molecule has 3 nitrogen and oxygen atoms in total. The second kappa shape index (κ2) is 8.13. The maximum Gasteiger partial charge on any atom is 0.417 e. The number of amides is 1. The molecule has 0 aromatic heterocycles. The van der Waals surface area contributed by atoms with Crippen LogP contribution in [0.3, 0.4) is 0 Å². The van der Waals surface area contributed by atoms with Crippen molar-refractivity contribution in [2.75, 3.05) is 13.1 Å². The highest BCUT2D eigenvalue weighted by molar-refractivity contribution is 5.96. The normalized spacial score (nSPS) is 17.0. The molecule has 0 bridgehead atoms. The van der Waals surface area contributed by atoms with E-state index in [1.807, 2.05) is 30.3 Å². The Morgan fingerprint density at radius 3 is 2.26 bits per heavy atom. The Labute approximate surface area is 156 Å². The summed E-state index contributed by atoms with van der Waals surface area (Å²) < 4.78 is 39.4. The quantitative estimate of drug-likeness (QED) is 0.869. The summed E-state index contributed by atoms with van der Waals surface area (Å²) in [4.78, 5) is 14.1. The van der Waals surface area contributed by atoms with Crippen molar-refractivity contribution in [3.8, 4) is 0 Å². The van der Waals surface area contributed by atoms with E-state index in [1.165, 1.54) is 23.1 Å². The highest BCUT2D eigenvalue weighted by Gasteiger charge is 2.36. The molecule has 2 aromatic rings. The van der Waals surface area contributed by atoms with Crippen LogP contribution in [0.25, 0.3) is 0 Å². The average Bonchev–Trinajstić information content (AvgIpc) is 2.67. The molecule has 3 rings (SSSR count). The summed E-state index contributed by atoms with van der Waals surface area (Å²) in [7, 11) is 0. The minimum absolute atomic E-state index is 0.0344. The van der Waals surface area contributed by atoms with Crippen molar-refractivity contribution in [2.24, 2.45) is 5.92 Å². The van der Waals surface area contributed by atoms with Crippen molar-refractivity contribution in [1.29, 1.82) is 0 Å². The Bertz CT molecular complexity index is 768. The van der Waals surface area contributed by atoms with Gasteiger partial charge in [-0.15, -0.1) is 0 Å². The smallest absolute Gasteiger partial charge is 0.392 e. The highest BCUT2D eigenvalue weighted by atomic mass is 19.4. The summed E-state index contributed by atoms with van der Waals surface area (Å²) >= 11 is 0. The van der Waals surface area contributed by atoms with Crippen molar-refractivity contribution in [3.05, 3.63) is 71.3 Å². The number of likely N-dealkylation sites (tertiary alicyclic amines) is 1. The molecule has 1 heterocycles. The topological polar surface area (TPSA) is 40.5 Å². The highest BCUT2D eigenvalue weighted by Crippen LogP contribution is 2.33. The lowest BCUT2D eigenvalue weighted by molar-refractivity contribution is -0.138. The molecule has 1 atom stereocenters. The van der Waals surface area contributed by atoms with Crippen LogP contribution < -0.4 is 0 Å². The summed E-state index contributed by atoms with van der Waals surface area (Å²) in [6.07, 6.45) is -3.39. The molecule has 1 amide bonds. The number of hydrogen-bond acceptors (Lipinski definition) is 2. The number of aliphatic hydroxyl groups excluding tert-OH is 1. The van der Waals surface area contributed by atoms with Crippen LogP contribution in [0, 0.1) is 5.92 Å². The van der Waals surface area contributed by atoms with Crippen molar-refractivity contribution in [2.45, 2.75) is 31.5 Å². The van der Waals surface area contributed by atoms with Crippen molar-refractivity contribution < 1.29 is 23.1 Å². The summed E-state index contributed by atoms with van der Waals surface area (Å²) in [6.45, 7) is 0.698. The Balaban J connectivity index is 1.62. The van der Waals surface area contributed by atoms with E-state index in [9.17, 15) is 23.1 Å². The molecule has 0 aliphatic carbocycles. The van der Waals surface area contributed by atoms with E-state index >= 15 is 0 Å². The zero-order valence-corrected chi connectivity index (χ0v) is 14.8. The number of piperidine rings is 1. The van der Waals surface area contributed by atoms with Gasteiger partial charge in [-0.1, -0.05) is 42.5 Å². The minimum Gasteiger partial charge on any atom is -0.392 e. The van der Waals surface area contributed by atoms with Gasteiger partial charge in [0.2, 0.25) is 0 Å². The van der Waals surface area contributed by atoms with Crippen LogP contribution >= 0.6 is 0 Å². The van der Waals surface area contributed by atoms with E-state index in [-0.39, 0.29) is 11.5 Å². The van der Waals surface area contributed by atoms with Crippen LogP contribution in [0.2, 0.25) is 0 Å². The third kappa shape index (κ3) is 4.69. The lowest BCUT2D eigenvalue weighted by Crippen LogP contribution is -2.42. The fraction of sp³-hybridized carbons (Fsp3) is 0.381. The molecule has 144 valence electrons. The monoisotopic (exact) mass is 377 g/mol. The predicted molar refractivity (Wildman–Crippen MR) is 96.2 cm³/mol. The summed E-state index contributed by atoms with van der Waals surface area (Å²) in [5.41, 5.74) is -0.169. The SMILES string of the molecule is O=C(c1ccccc1C(F)(F)F)N1CCC(C(O)Cc2ccccc2)CC1. The third-order valence-electron chi connectivity index (χ3n) is 5.12. The number of halogens is 3. The molecule has 0 saturated carbocycles. The molecule has 1 unspecified atom stereocenters. The van der Waals surface area contributed by atoms with Crippen molar-refractivity contribution in [3.63, 3.8) is 0 Å². The van der Waals surface area contributed by atoms with Crippen LogP contribution in [0.15, 0.2) is 54.6 Å². The van der Waals surface area contributed by atoms with Gasteiger partial charge in [-0.2, -0.15) is 13.2 Å². The Hall–Kier alpha value is -2.34. The van der Waals surface area contributed by atoms with Crippen molar-refractivity contribution >= 4 is 5.91 Å². The first kappa shape index (κ1) is 19.4.